The van der Waals surface area contributed by atoms with Gasteiger partial charge in [0, 0.05) is 37.6 Å². The third kappa shape index (κ3) is 2.80. The summed E-state index contributed by atoms with van der Waals surface area (Å²) in [7, 11) is 0. The third-order valence-electron chi connectivity index (χ3n) is 4.37. The molecule has 0 bridgehead atoms. The van der Waals surface area contributed by atoms with Crippen molar-refractivity contribution in [3.8, 4) is 11.5 Å². The van der Waals surface area contributed by atoms with Crippen molar-refractivity contribution in [2.75, 3.05) is 6.54 Å². The van der Waals surface area contributed by atoms with Crippen LogP contribution >= 0.6 is 0 Å². The van der Waals surface area contributed by atoms with Crippen LogP contribution in [-0.4, -0.2) is 26.0 Å². The highest BCUT2D eigenvalue weighted by atomic mass is 16.3. The summed E-state index contributed by atoms with van der Waals surface area (Å²) in [6, 6.07) is 6.33. The zero-order valence-electron chi connectivity index (χ0n) is 13.5. The van der Waals surface area contributed by atoms with Gasteiger partial charge >= 0.3 is 0 Å². The van der Waals surface area contributed by atoms with Gasteiger partial charge < -0.3 is 8.98 Å². The first-order valence-corrected chi connectivity index (χ1v) is 7.93. The van der Waals surface area contributed by atoms with Crippen molar-refractivity contribution in [1.82, 2.24) is 19.4 Å². The number of imidazole rings is 1. The van der Waals surface area contributed by atoms with Gasteiger partial charge in [0.1, 0.15) is 12.1 Å². The molecule has 118 valence electrons. The summed E-state index contributed by atoms with van der Waals surface area (Å²) >= 11 is 0. The molecular weight excluding hydrogens is 288 g/mol. The molecule has 2 aromatic heterocycles. The molecule has 0 atom stereocenters. The van der Waals surface area contributed by atoms with Crippen LogP contribution in [0.1, 0.15) is 22.6 Å². The van der Waals surface area contributed by atoms with Crippen LogP contribution in [0, 0.1) is 13.8 Å². The zero-order chi connectivity index (χ0) is 15.8. The van der Waals surface area contributed by atoms with Gasteiger partial charge in [0.25, 0.3) is 0 Å². The normalized spacial score (nSPS) is 14.9. The van der Waals surface area contributed by atoms with E-state index in [0.717, 1.165) is 43.3 Å². The quantitative estimate of drug-likeness (QED) is 0.745. The average Bonchev–Trinajstić information content (AvgIpc) is 3.16. The molecule has 0 unspecified atom stereocenters. The molecule has 1 aromatic carbocycles. The van der Waals surface area contributed by atoms with Crippen LogP contribution in [0.5, 0.6) is 0 Å². The van der Waals surface area contributed by atoms with Gasteiger partial charge in [0.2, 0.25) is 5.89 Å². The van der Waals surface area contributed by atoms with Gasteiger partial charge in [-0.1, -0.05) is 17.7 Å². The summed E-state index contributed by atoms with van der Waals surface area (Å²) in [6.07, 6.45) is 5.68. The van der Waals surface area contributed by atoms with E-state index < -0.39 is 0 Å². The number of hydrogen-bond acceptors (Lipinski definition) is 4. The van der Waals surface area contributed by atoms with E-state index >= 15 is 0 Å². The van der Waals surface area contributed by atoms with Gasteiger partial charge in [-0.2, -0.15) is 0 Å². The van der Waals surface area contributed by atoms with Crippen molar-refractivity contribution in [2.45, 2.75) is 33.5 Å². The van der Waals surface area contributed by atoms with Crippen LogP contribution in [0.3, 0.4) is 0 Å². The lowest BCUT2D eigenvalue weighted by molar-refractivity contribution is 0.206. The minimum Gasteiger partial charge on any atom is -0.444 e. The first-order chi connectivity index (χ1) is 11.2. The molecule has 3 aromatic rings. The van der Waals surface area contributed by atoms with E-state index in [4.69, 9.17) is 4.42 Å². The predicted octanol–water partition coefficient (Wildman–Crippen LogP) is 3.17. The standard InChI is InChI=1S/C18H20N4O/c1-13-3-4-16(14(2)9-13)18-20-15(12-23-18)10-21-7-8-22-6-5-19-17(22)11-21/h3-6,9,12H,7-8,10-11H2,1-2H3. The molecule has 0 amide bonds. The second-order valence-corrected chi connectivity index (χ2v) is 6.21. The molecule has 0 fully saturated rings. The third-order valence-corrected chi connectivity index (χ3v) is 4.37. The molecule has 0 aliphatic carbocycles. The second-order valence-electron chi connectivity index (χ2n) is 6.21. The molecule has 4 rings (SSSR count). The topological polar surface area (TPSA) is 47.1 Å². The molecule has 23 heavy (non-hydrogen) atoms. The van der Waals surface area contributed by atoms with Crippen LogP contribution in [0.25, 0.3) is 11.5 Å². The summed E-state index contributed by atoms with van der Waals surface area (Å²) in [5.41, 5.74) is 4.48. The fraction of sp³-hybridized carbons (Fsp3) is 0.333. The number of aromatic nitrogens is 3. The highest BCUT2D eigenvalue weighted by Crippen LogP contribution is 2.24. The Morgan fingerprint density at radius 3 is 3.00 bits per heavy atom. The van der Waals surface area contributed by atoms with E-state index in [9.17, 15) is 0 Å². The molecular formula is C18H20N4O. The summed E-state index contributed by atoms with van der Waals surface area (Å²) in [5.74, 6) is 1.82. The Morgan fingerprint density at radius 1 is 1.22 bits per heavy atom. The molecule has 0 N–H and O–H groups in total. The number of nitrogens with zero attached hydrogens (tertiary/aromatic N) is 4. The molecule has 1 aliphatic rings. The number of oxazole rings is 1. The minimum atomic E-state index is 0.705. The number of benzene rings is 1. The fourth-order valence-electron chi connectivity index (χ4n) is 3.14. The summed E-state index contributed by atoms with van der Waals surface area (Å²) in [4.78, 5) is 11.4. The Hall–Kier alpha value is -2.40. The van der Waals surface area contributed by atoms with Gasteiger partial charge in [0.15, 0.2) is 0 Å². The van der Waals surface area contributed by atoms with E-state index in [2.05, 4.69) is 51.5 Å². The van der Waals surface area contributed by atoms with E-state index in [1.807, 2.05) is 12.4 Å². The van der Waals surface area contributed by atoms with Gasteiger partial charge in [-0.05, 0) is 25.5 Å². The fourth-order valence-corrected chi connectivity index (χ4v) is 3.14. The lowest BCUT2D eigenvalue weighted by Crippen LogP contribution is -2.33. The van der Waals surface area contributed by atoms with Gasteiger partial charge in [-0.15, -0.1) is 0 Å². The first kappa shape index (κ1) is 14.2. The lowest BCUT2D eigenvalue weighted by Gasteiger charge is -2.26. The maximum absolute atomic E-state index is 5.71. The molecule has 0 radical (unpaired) electrons. The largest absolute Gasteiger partial charge is 0.444 e. The summed E-state index contributed by atoms with van der Waals surface area (Å²) in [5, 5.41) is 0. The van der Waals surface area contributed by atoms with Crippen molar-refractivity contribution < 1.29 is 4.42 Å². The maximum Gasteiger partial charge on any atom is 0.226 e. The van der Waals surface area contributed by atoms with Crippen LogP contribution in [0.2, 0.25) is 0 Å². The van der Waals surface area contributed by atoms with Crippen LogP contribution in [-0.2, 0) is 19.6 Å². The summed E-state index contributed by atoms with van der Waals surface area (Å²) < 4.78 is 7.92. The SMILES string of the molecule is Cc1ccc(-c2nc(CN3CCn4ccnc4C3)co2)c(C)c1. The molecule has 3 heterocycles. The van der Waals surface area contributed by atoms with Crippen molar-refractivity contribution in [2.24, 2.45) is 0 Å². The molecule has 5 heteroatoms. The van der Waals surface area contributed by atoms with Crippen molar-refractivity contribution >= 4 is 0 Å². The minimum absolute atomic E-state index is 0.705. The Labute approximate surface area is 135 Å². The van der Waals surface area contributed by atoms with Crippen LogP contribution in [0.4, 0.5) is 0 Å². The average molecular weight is 308 g/mol. The number of fused-ring (bicyclic) bond motifs is 1. The van der Waals surface area contributed by atoms with E-state index in [1.165, 1.54) is 11.1 Å². The number of rotatable bonds is 3. The van der Waals surface area contributed by atoms with Gasteiger partial charge in [-0.25, -0.2) is 9.97 Å². The maximum atomic E-state index is 5.71. The smallest absolute Gasteiger partial charge is 0.226 e. The van der Waals surface area contributed by atoms with E-state index in [0.29, 0.717) is 5.89 Å². The first-order valence-electron chi connectivity index (χ1n) is 7.93. The Kier molecular flexibility index (Phi) is 3.50. The number of aryl methyl sites for hydroxylation is 2. The Bertz CT molecular complexity index is 833. The monoisotopic (exact) mass is 308 g/mol. The van der Waals surface area contributed by atoms with Crippen molar-refractivity contribution in [3.05, 3.63) is 59.5 Å². The molecule has 1 aliphatic heterocycles. The van der Waals surface area contributed by atoms with Crippen LogP contribution in [0.15, 0.2) is 41.3 Å². The molecule has 0 saturated heterocycles. The van der Waals surface area contributed by atoms with Gasteiger partial charge in [0.05, 0.1) is 12.2 Å². The number of hydrogen-bond donors (Lipinski definition) is 0. The lowest BCUT2D eigenvalue weighted by atomic mass is 10.1. The van der Waals surface area contributed by atoms with Crippen LogP contribution < -0.4 is 0 Å². The van der Waals surface area contributed by atoms with E-state index in [-0.39, 0.29) is 0 Å². The molecule has 0 saturated carbocycles. The summed E-state index contributed by atoms with van der Waals surface area (Å²) in [6.45, 7) is 7.83. The highest BCUT2D eigenvalue weighted by molar-refractivity contribution is 5.59. The molecule has 0 spiro atoms. The predicted molar refractivity (Wildman–Crippen MR) is 87.8 cm³/mol. The highest BCUT2D eigenvalue weighted by Gasteiger charge is 2.18. The molecule has 5 nitrogen and oxygen atoms in total. The van der Waals surface area contributed by atoms with Crippen molar-refractivity contribution in [1.29, 1.82) is 0 Å². The van der Waals surface area contributed by atoms with E-state index in [1.54, 1.807) is 6.26 Å². The Morgan fingerprint density at radius 2 is 2.13 bits per heavy atom. The zero-order valence-corrected chi connectivity index (χ0v) is 13.5. The van der Waals surface area contributed by atoms with Crippen molar-refractivity contribution in [3.63, 3.8) is 0 Å². The van der Waals surface area contributed by atoms with Gasteiger partial charge in [-0.3, -0.25) is 4.90 Å². The Balaban J connectivity index is 1.50. The second kappa shape index (κ2) is 5.66.